The number of halogens is 1. The lowest BCUT2D eigenvalue weighted by molar-refractivity contribution is 0.0939. The molecule has 0 aliphatic rings. The summed E-state index contributed by atoms with van der Waals surface area (Å²) in [6, 6.07) is 5.64. The molecule has 2 rings (SSSR count). The molecular weight excluding hydrogens is 339 g/mol. The molecule has 0 bridgehead atoms. The molecule has 0 radical (unpaired) electrons. The Bertz CT molecular complexity index is 873. The van der Waals surface area contributed by atoms with Crippen molar-refractivity contribution in [1.82, 2.24) is 19.8 Å². The molecule has 7 nitrogen and oxygen atoms in total. The Hall–Kier alpha value is -2.74. The molecule has 26 heavy (non-hydrogen) atoms. The standard InChI is InChI=1S/C18H23FN4O3/c1-18(2,22(3)4)17-21-13(14(24)16(26)23(17)5)15(25)20-10-11-6-8-12(19)9-7-11/h6-9,24H,10H2,1-5H3,(H,20,25). The summed E-state index contributed by atoms with van der Waals surface area (Å²) in [5.41, 5.74) is -0.998. The molecule has 1 amide bonds. The highest BCUT2D eigenvalue weighted by molar-refractivity contribution is 5.94. The zero-order valence-electron chi connectivity index (χ0n) is 15.5. The lowest BCUT2D eigenvalue weighted by Gasteiger charge is -2.33. The molecule has 1 heterocycles. The van der Waals surface area contributed by atoms with E-state index in [-0.39, 0.29) is 18.1 Å². The van der Waals surface area contributed by atoms with E-state index in [0.717, 1.165) is 0 Å². The average Bonchev–Trinajstić information content (AvgIpc) is 2.58. The highest BCUT2D eigenvalue weighted by Crippen LogP contribution is 2.24. The summed E-state index contributed by atoms with van der Waals surface area (Å²) in [5, 5.41) is 12.7. The summed E-state index contributed by atoms with van der Waals surface area (Å²) in [7, 11) is 5.15. The lowest BCUT2D eigenvalue weighted by atomic mass is 10.0. The fraction of sp³-hybridized carbons (Fsp3) is 0.389. The molecule has 2 aromatic rings. The van der Waals surface area contributed by atoms with Gasteiger partial charge in [-0.1, -0.05) is 12.1 Å². The number of carbonyl (C=O) groups is 1. The van der Waals surface area contributed by atoms with Gasteiger partial charge in [-0.25, -0.2) is 9.37 Å². The van der Waals surface area contributed by atoms with Crippen molar-refractivity contribution in [2.45, 2.75) is 25.9 Å². The van der Waals surface area contributed by atoms with Crippen LogP contribution in [-0.4, -0.2) is 39.6 Å². The molecule has 2 N–H and O–H groups in total. The van der Waals surface area contributed by atoms with Crippen LogP contribution in [0.25, 0.3) is 0 Å². The minimum absolute atomic E-state index is 0.113. The van der Waals surface area contributed by atoms with Crippen molar-refractivity contribution >= 4 is 5.91 Å². The normalized spacial score (nSPS) is 11.7. The quantitative estimate of drug-likeness (QED) is 0.838. The van der Waals surface area contributed by atoms with E-state index in [1.165, 1.54) is 35.9 Å². The van der Waals surface area contributed by atoms with Crippen LogP contribution in [0.15, 0.2) is 29.1 Å². The van der Waals surface area contributed by atoms with Crippen molar-refractivity contribution < 1.29 is 14.3 Å². The zero-order valence-corrected chi connectivity index (χ0v) is 15.5. The van der Waals surface area contributed by atoms with Crippen LogP contribution >= 0.6 is 0 Å². The topological polar surface area (TPSA) is 87.5 Å². The summed E-state index contributed by atoms with van der Waals surface area (Å²) in [4.78, 5) is 30.9. The van der Waals surface area contributed by atoms with Gasteiger partial charge in [-0.2, -0.15) is 0 Å². The summed E-state index contributed by atoms with van der Waals surface area (Å²) in [6.07, 6.45) is 0. The molecule has 1 aromatic carbocycles. The van der Waals surface area contributed by atoms with E-state index in [9.17, 15) is 19.1 Å². The minimum Gasteiger partial charge on any atom is -0.501 e. The molecule has 0 aliphatic heterocycles. The monoisotopic (exact) mass is 362 g/mol. The molecular formula is C18H23FN4O3. The Morgan fingerprint density at radius 1 is 1.31 bits per heavy atom. The van der Waals surface area contributed by atoms with Crippen molar-refractivity contribution in [2.75, 3.05) is 14.1 Å². The first-order chi connectivity index (χ1) is 12.1. The van der Waals surface area contributed by atoms with Crippen LogP contribution in [-0.2, 0) is 19.1 Å². The van der Waals surface area contributed by atoms with Crippen LogP contribution in [0, 0.1) is 5.82 Å². The van der Waals surface area contributed by atoms with Crippen molar-refractivity contribution in [3.05, 3.63) is 57.5 Å². The van der Waals surface area contributed by atoms with Gasteiger partial charge in [0.15, 0.2) is 5.69 Å². The maximum absolute atomic E-state index is 12.9. The number of benzene rings is 1. The first-order valence-electron chi connectivity index (χ1n) is 8.06. The number of nitrogens with zero attached hydrogens (tertiary/aromatic N) is 3. The fourth-order valence-electron chi connectivity index (χ4n) is 2.36. The van der Waals surface area contributed by atoms with E-state index in [1.807, 2.05) is 32.8 Å². The van der Waals surface area contributed by atoms with Gasteiger partial charge in [0.2, 0.25) is 5.75 Å². The molecule has 8 heteroatoms. The lowest BCUT2D eigenvalue weighted by Crippen LogP contribution is -2.42. The Kier molecular flexibility index (Phi) is 5.46. The third-order valence-corrected chi connectivity index (χ3v) is 4.51. The number of rotatable bonds is 5. The molecule has 0 saturated heterocycles. The molecule has 1 aromatic heterocycles. The molecule has 140 valence electrons. The number of aromatic nitrogens is 2. The van der Waals surface area contributed by atoms with Gasteiger partial charge in [0.1, 0.15) is 11.6 Å². The maximum Gasteiger partial charge on any atom is 0.296 e. The van der Waals surface area contributed by atoms with Gasteiger partial charge in [0, 0.05) is 13.6 Å². The summed E-state index contributed by atoms with van der Waals surface area (Å²) >= 11 is 0. The van der Waals surface area contributed by atoms with Crippen LogP contribution in [0.3, 0.4) is 0 Å². The third-order valence-electron chi connectivity index (χ3n) is 4.51. The van der Waals surface area contributed by atoms with Crippen LogP contribution in [0.1, 0.15) is 35.7 Å². The van der Waals surface area contributed by atoms with Crippen LogP contribution in [0.2, 0.25) is 0 Å². The van der Waals surface area contributed by atoms with Gasteiger partial charge in [-0.15, -0.1) is 0 Å². The largest absolute Gasteiger partial charge is 0.501 e. The van der Waals surface area contributed by atoms with Crippen LogP contribution in [0.5, 0.6) is 5.75 Å². The second-order valence-electron chi connectivity index (χ2n) is 6.76. The predicted octanol–water partition coefficient (Wildman–Crippen LogP) is 1.35. The highest BCUT2D eigenvalue weighted by Gasteiger charge is 2.31. The number of hydrogen-bond acceptors (Lipinski definition) is 5. The Morgan fingerprint density at radius 2 is 1.88 bits per heavy atom. The Morgan fingerprint density at radius 3 is 2.42 bits per heavy atom. The molecule has 0 spiro atoms. The molecule has 0 fully saturated rings. The Labute approximate surface area is 151 Å². The average molecular weight is 362 g/mol. The predicted molar refractivity (Wildman–Crippen MR) is 95.4 cm³/mol. The number of hydrogen-bond donors (Lipinski definition) is 2. The van der Waals surface area contributed by atoms with Crippen molar-refractivity contribution in [1.29, 1.82) is 0 Å². The van der Waals surface area contributed by atoms with Crippen LogP contribution in [0.4, 0.5) is 4.39 Å². The van der Waals surface area contributed by atoms with E-state index in [1.54, 1.807) is 0 Å². The first-order valence-corrected chi connectivity index (χ1v) is 8.06. The summed E-state index contributed by atoms with van der Waals surface area (Å²) < 4.78 is 14.2. The SMILES string of the molecule is CN(C)C(C)(C)c1nc(C(=O)NCc2ccc(F)cc2)c(O)c(=O)n1C. The van der Waals surface area contributed by atoms with Gasteiger partial charge in [0.05, 0.1) is 5.54 Å². The van der Waals surface area contributed by atoms with E-state index in [2.05, 4.69) is 10.3 Å². The third kappa shape index (κ3) is 3.75. The van der Waals surface area contributed by atoms with Crippen LogP contribution < -0.4 is 10.9 Å². The number of nitrogens with one attached hydrogen (secondary N) is 1. The molecule has 0 saturated carbocycles. The van der Waals surface area contributed by atoms with Gasteiger partial charge in [-0.05, 0) is 45.6 Å². The number of aromatic hydroxyl groups is 1. The molecule has 0 unspecified atom stereocenters. The van der Waals surface area contributed by atoms with E-state index >= 15 is 0 Å². The van der Waals surface area contributed by atoms with Crippen molar-refractivity contribution in [3.63, 3.8) is 0 Å². The van der Waals surface area contributed by atoms with Gasteiger partial charge in [0.25, 0.3) is 11.5 Å². The number of amides is 1. The second-order valence-corrected chi connectivity index (χ2v) is 6.76. The van der Waals surface area contributed by atoms with Crippen molar-refractivity contribution in [3.8, 4) is 5.75 Å². The fourth-order valence-corrected chi connectivity index (χ4v) is 2.36. The summed E-state index contributed by atoms with van der Waals surface area (Å²) in [6.45, 7) is 3.82. The first kappa shape index (κ1) is 19.6. The zero-order chi connectivity index (χ0) is 19.6. The van der Waals surface area contributed by atoms with Crippen molar-refractivity contribution in [2.24, 2.45) is 7.05 Å². The second kappa shape index (κ2) is 7.25. The highest BCUT2D eigenvalue weighted by atomic mass is 19.1. The van der Waals surface area contributed by atoms with E-state index < -0.39 is 22.8 Å². The van der Waals surface area contributed by atoms with E-state index in [4.69, 9.17) is 0 Å². The molecule has 0 aliphatic carbocycles. The summed E-state index contributed by atoms with van der Waals surface area (Å²) in [5.74, 6) is -1.42. The Balaban J connectivity index is 2.36. The minimum atomic E-state index is -0.706. The number of carbonyl (C=O) groups excluding carboxylic acids is 1. The van der Waals surface area contributed by atoms with Gasteiger partial charge >= 0.3 is 0 Å². The smallest absolute Gasteiger partial charge is 0.296 e. The van der Waals surface area contributed by atoms with E-state index in [0.29, 0.717) is 11.4 Å². The maximum atomic E-state index is 12.9. The van der Waals surface area contributed by atoms with Gasteiger partial charge < -0.3 is 10.4 Å². The van der Waals surface area contributed by atoms with Gasteiger partial charge in [-0.3, -0.25) is 19.1 Å². The molecule has 0 atom stereocenters.